The minimum absolute atomic E-state index is 0.0267. The second kappa shape index (κ2) is 6.10. The van der Waals surface area contributed by atoms with Crippen LogP contribution in [-0.4, -0.2) is 23.2 Å². The number of anilines is 1. The van der Waals surface area contributed by atoms with Crippen LogP contribution < -0.4 is 15.0 Å². The van der Waals surface area contributed by atoms with Crippen LogP contribution in [0.1, 0.15) is 5.56 Å². The quantitative estimate of drug-likeness (QED) is 0.671. The van der Waals surface area contributed by atoms with Gasteiger partial charge in [0, 0.05) is 5.56 Å². The number of thiocarbonyl (C=S) groups is 1. The topological polar surface area (TPSA) is 61.8 Å². The van der Waals surface area contributed by atoms with Gasteiger partial charge in [0.15, 0.2) is 16.6 Å². The number of rotatable bonds is 3. The summed E-state index contributed by atoms with van der Waals surface area (Å²) in [5.41, 5.74) is 1.45. The van der Waals surface area contributed by atoms with Crippen molar-refractivity contribution in [3.8, 4) is 11.5 Å². The lowest BCUT2D eigenvalue weighted by Gasteiger charge is -2.13. The van der Waals surface area contributed by atoms with E-state index >= 15 is 0 Å². The van der Waals surface area contributed by atoms with Crippen molar-refractivity contribution in [2.45, 2.75) is 0 Å². The molecule has 6 heteroatoms. The van der Waals surface area contributed by atoms with Gasteiger partial charge >= 0.3 is 0 Å². The molecule has 0 atom stereocenters. The fourth-order valence-electron chi connectivity index (χ4n) is 2.32. The number of aromatic hydroxyl groups is 1. The first-order chi connectivity index (χ1) is 11.1. The number of phenols is 1. The third-order valence-electron chi connectivity index (χ3n) is 3.44. The number of amides is 1. The predicted octanol–water partition coefficient (Wildman–Crippen LogP) is 2.66. The van der Waals surface area contributed by atoms with E-state index in [-0.39, 0.29) is 11.7 Å². The van der Waals surface area contributed by atoms with Crippen LogP contribution in [0, 0.1) is 0 Å². The van der Waals surface area contributed by atoms with E-state index in [0.29, 0.717) is 27.8 Å². The Bertz CT molecular complexity index is 803. The molecule has 1 fully saturated rings. The van der Waals surface area contributed by atoms with Gasteiger partial charge in [-0.3, -0.25) is 9.69 Å². The molecule has 1 aliphatic rings. The summed E-state index contributed by atoms with van der Waals surface area (Å²) in [4.78, 5) is 14.0. The molecular weight excluding hydrogens is 312 g/mol. The first-order valence-electron chi connectivity index (χ1n) is 6.90. The highest BCUT2D eigenvalue weighted by atomic mass is 32.1. The first-order valence-corrected chi connectivity index (χ1v) is 7.31. The third-order valence-corrected chi connectivity index (χ3v) is 3.73. The number of phenolic OH excluding ortho intramolecular Hbond substituents is 1. The maximum atomic E-state index is 12.6. The molecule has 2 N–H and O–H groups in total. The number of carbonyl (C=O) groups is 1. The summed E-state index contributed by atoms with van der Waals surface area (Å²) < 4.78 is 5.07. The van der Waals surface area contributed by atoms with Crippen molar-refractivity contribution in [2.75, 3.05) is 12.0 Å². The number of para-hydroxylation sites is 2. The molecule has 0 radical (unpaired) electrons. The summed E-state index contributed by atoms with van der Waals surface area (Å²) in [5.74, 6) is 0.0388. The third kappa shape index (κ3) is 2.76. The van der Waals surface area contributed by atoms with Gasteiger partial charge in [0.1, 0.15) is 5.70 Å². The van der Waals surface area contributed by atoms with E-state index in [1.807, 2.05) is 18.2 Å². The number of benzene rings is 2. The van der Waals surface area contributed by atoms with E-state index in [1.54, 1.807) is 36.4 Å². The molecule has 0 unspecified atom stereocenters. The number of hydrogen-bond acceptors (Lipinski definition) is 4. The number of carbonyl (C=O) groups excluding carboxylic acids is 1. The highest BCUT2D eigenvalue weighted by Gasteiger charge is 2.32. The van der Waals surface area contributed by atoms with E-state index < -0.39 is 0 Å². The van der Waals surface area contributed by atoms with Crippen LogP contribution in [0.4, 0.5) is 5.69 Å². The minimum Gasteiger partial charge on any atom is -0.504 e. The van der Waals surface area contributed by atoms with Gasteiger partial charge in [0.05, 0.1) is 12.8 Å². The molecular formula is C17H14N2O3S. The number of hydrogen-bond donors (Lipinski definition) is 2. The summed E-state index contributed by atoms with van der Waals surface area (Å²) >= 11 is 5.24. The summed E-state index contributed by atoms with van der Waals surface area (Å²) in [5, 5.41) is 13.3. The van der Waals surface area contributed by atoms with E-state index in [4.69, 9.17) is 17.0 Å². The molecule has 0 saturated carbocycles. The van der Waals surface area contributed by atoms with Crippen molar-refractivity contribution in [3.63, 3.8) is 0 Å². The lowest BCUT2D eigenvalue weighted by atomic mass is 10.1. The van der Waals surface area contributed by atoms with E-state index in [2.05, 4.69) is 5.32 Å². The SMILES string of the molecule is COc1cccc(C=C2NC(=S)N(c3ccccc3)C2=O)c1O. The van der Waals surface area contributed by atoms with Gasteiger partial charge in [-0.15, -0.1) is 0 Å². The summed E-state index contributed by atoms with van der Waals surface area (Å²) in [7, 11) is 1.47. The molecule has 2 aromatic rings. The zero-order chi connectivity index (χ0) is 16.4. The van der Waals surface area contributed by atoms with Crippen molar-refractivity contribution in [3.05, 3.63) is 59.8 Å². The van der Waals surface area contributed by atoms with Crippen LogP contribution in [0.5, 0.6) is 11.5 Å². The van der Waals surface area contributed by atoms with Gasteiger partial charge in [-0.05, 0) is 36.5 Å². The van der Waals surface area contributed by atoms with Crippen LogP contribution in [-0.2, 0) is 4.79 Å². The van der Waals surface area contributed by atoms with Gasteiger partial charge in [-0.2, -0.15) is 0 Å². The molecule has 23 heavy (non-hydrogen) atoms. The van der Waals surface area contributed by atoms with Gasteiger partial charge < -0.3 is 15.2 Å². The van der Waals surface area contributed by atoms with Crippen molar-refractivity contribution in [1.82, 2.24) is 5.32 Å². The number of nitrogens with zero attached hydrogens (tertiary/aromatic N) is 1. The van der Waals surface area contributed by atoms with E-state index in [1.165, 1.54) is 12.0 Å². The Balaban J connectivity index is 1.97. The normalized spacial score (nSPS) is 15.9. The van der Waals surface area contributed by atoms with Gasteiger partial charge in [-0.1, -0.05) is 30.3 Å². The van der Waals surface area contributed by atoms with Crippen molar-refractivity contribution in [1.29, 1.82) is 0 Å². The Hall–Kier alpha value is -2.86. The summed E-state index contributed by atoms with van der Waals surface area (Å²) in [6, 6.07) is 14.2. The van der Waals surface area contributed by atoms with Crippen molar-refractivity contribution >= 4 is 35.0 Å². The molecule has 0 aliphatic carbocycles. The Kier molecular flexibility index (Phi) is 3.99. The molecule has 2 aromatic carbocycles. The Morgan fingerprint density at radius 1 is 1.17 bits per heavy atom. The molecule has 1 aliphatic heterocycles. The second-order valence-electron chi connectivity index (χ2n) is 4.86. The molecule has 5 nitrogen and oxygen atoms in total. The van der Waals surface area contributed by atoms with Crippen molar-refractivity contribution in [2.24, 2.45) is 0 Å². The monoisotopic (exact) mass is 326 g/mol. The molecule has 1 amide bonds. The maximum absolute atomic E-state index is 12.6. The standard InChI is InChI=1S/C17H14N2O3S/c1-22-14-9-5-6-11(15(14)20)10-13-16(21)19(17(23)18-13)12-7-3-2-4-8-12/h2-10,20H,1H3,(H,18,23). The van der Waals surface area contributed by atoms with Crippen molar-refractivity contribution < 1.29 is 14.6 Å². The molecule has 1 saturated heterocycles. The molecule has 1 heterocycles. The lowest BCUT2D eigenvalue weighted by molar-refractivity contribution is -0.113. The van der Waals surface area contributed by atoms with Gasteiger partial charge in [-0.25, -0.2) is 0 Å². The minimum atomic E-state index is -0.275. The van der Waals surface area contributed by atoms with E-state index in [0.717, 1.165) is 0 Å². The average molecular weight is 326 g/mol. The molecule has 0 aromatic heterocycles. The van der Waals surface area contributed by atoms with Gasteiger partial charge in [0.25, 0.3) is 5.91 Å². The summed E-state index contributed by atoms with van der Waals surface area (Å²) in [6.07, 6.45) is 1.55. The summed E-state index contributed by atoms with van der Waals surface area (Å²) in [6.45, 7) is 0. The Morgan fingerprint density at radius 3 is 2.61 bits per heavy atom. The highest BCUT2D eigenvalue weighted by molar-refractivity contribution is 7.80. The highest BCUT2D eigenvalue weighted by Crippen LogP contribution is 2.31. The maximum Gasteiger partial charge on any atom is 0.281 e. The Labute approximate surface area is 138 Å². The molecule has 0 bridgehead atoms. The Morgan fingerprint density at radius 2 is 1.91 bits per heavy atom. The van der Waals surface area contributed by atoms with Crippen LogP contribution in [0.3, 0.4) is 0 Å². The van der Waals surface area contributed by atoms with Crippen LogP contribution >= 0.6 is 12.2 Å². The van der Waals surface area contributed by atoms with Crippen LogP contribution in [0.2, 0.25) is 0 Å². The van der Waals surface area contributed by atoms with Gasteiger partial charge in [0.2, 0.25) is 0 Å². The first kappa shape index (κ1) is 15.1. The molecule has 3 rings (SSSR count). The van der Waals surface area contributed by atoms with E-state index in [9.17, 15) is 9.90 Å². The van der Waals surface area contributed by atoms with Crippen LogP contribution in [0.15, 0.2) is 54.2 Å². The number of methoxy groups -OCH3 is 1. The largest absolute Gasteiger partial charge is 0.504 e. The fraction of sp³-hybridized carbons (Fsp3) is 0.0588. The molecule has 116 valence electrons. The number of ether oxygens (including phenoxy) is 1. The van der Waals surface area contributed by atoms with Crippen LogP contribution in [0.25, 0.3) is 6.08 Å². The number of nitrogens with one attached hydrogen (secondary N) is 1. The molecule has 0 spiro atoms. The zero-order valence-corrected chi connectivity index (χ0v) is 13.1. The fourth-order valence-corrected chi connectivity index (χ4v) is 2.62. The predicted molar refractivity (Wildman–Crippen MR) is 92.3 cm³/mol. The zero-order valence-electron chi connectivity index (χ0n) is 12.3. The average Bonchev–Trinajstić information content (AvgIpc) is 2.84. The second-order valence-corrected chi connectivity index (χ2v) is 5.25. The smallest absolute Gasteiger partial charge is 0.281 e. The lowest BCUT2D eigenvalue weighted by Crippen LogP contribution is -2.30.